The number of carbonyl (C=O) groups excluding carboxylic acids is 1. The van der Waals surface area contributed by atoms with E-state index in [2.05, 4.69) is 10.3 Å². The first-order valence-corrected chi connectivity index (χ1v) is 7.22. The smallest absolute Gasteiger partial charge is 0.417 e. The standard InChI is InChI=1S/C17H16N2O5/c1-22-14-6-4-11(8-15(14)23-2)16(20)18-9-10-3-5-13-12(7-10)19-17(21)24-13/h3-8H,9H2,1-2H3,(H,18,20)(H,19,21). The molecule has 2 N–H and O–H groups in total. The summed E-state index contributed by atoms with van der Waals surface area (Å²) in [6, 6.07) is 10.2. The summed E-state index contributed by atoms with van der Waals surface area (Å²) in [4.78, 5) is 26.0. The van der Waals surface area contributed by atoms with Crippen LogP contribution in [0.4, 0.5) is 0 Å². The second-order valence-electron chi connectivity index (χ2n) is 5.10. The fraction of sp³-hybridized carbons (Fsp3) is 0.176. The lowest BCUT2D eigenvalue weighted by atomic mass is 10.1. The van der Waals surface area contributed by atoms with Crippen LogP contribution < -0.4 is 20.5 Å². The normalized spacial score (nSPS) is 10.6. The number of fused-ring (bicyclic) bond motifs is 1. The molecule has 0 saturated heterocycles. The van der Waals surface area contributed by atoms with Gasteiger partial charge in [0.1, 0.15) is 0 Å². The van der Waals surface area contributed by atoms with Crippen LogP contribution in [0.1, 0.15) is 15.9 Å². The molecule has 0 aliphatic heterocycles. The van der Waals surface area contributed by atoms with Crippen LogP contribution in [0, 0.1) is 0 Å². The molecule has 3 rings (SSSR count). The van der Waals surface area contributed by atoms with Crippen molar-refractivity contribution in [2.24, 2.45) is 0 Å². The molecule has 1 amide bonds. The van der Waals surface area contributed by atoms with E-state index in [0.29, 0.717) is 34.7 Å². The number of carbonyl (C=O) groups is 1. The molecular weight excluding hydrogens is 312 g/mol. The Kier molecular flexibility index (Phi) is 4.24. The van der Waals surface area contributed by atoms with Gasteiger partial charge in [0, 0.05) is 12.1 Å². The molecule has 3 aromatic rings. The van der Waals surface area contributed by atoms with Crippen molar-refractivity contribution in [1.29, 1.82) is 0 Å². The Labute approximate surface area is 137 Å². The molecule has 1 aromatic heterocycles. The van der Waals surface area contributed by atoms with Crippen molar-refractivity contribution in [1.82, 2.24) is 10.3 Å². The number of amides is 1. The number of oxazole rings is 1. The van der Waals surface area contributed by atoms with Gasteiger partial charge in [-0.25, -0.2) is 4.79 Å². The Hall–Kier alpha value is -3.22. The van der Waals surface area contributed by atoms with Crippen LogP contribution in [-0.2, 0) is 6.54 Å². The summed E-state index contributed by atoms with van der Waals surface area (Å²) in [6.07, 6.45) is 0. The van der Waals surface area contributed by atoms with Crippen molar-refractivity contribution < 1.29 is 18.7 Å². The molecule has 0 bridgehead atoms. The fourth-order valence-electron chi connectivity index (χ4n) is 2.37. The third-order valence-corrected chi connectivity index (χ3v) is 3.58. The van der Waals surface area contributed by atoms with Crippen molar-refractivity contribution in [2.75, 3.05) is 14.2 Å². The number of nitrogens with one attached hydrogen (secondary N) is 2. The highest BCUT2D eigenvalue weighted by Gasteiger charge is 2.11. The molecule has 0 aliphatic rings. The highest BCUT2D eigenvalue weighted by atomic mass is 16.5. The molecule has 124 valence electrons. The molecule has 0 unspecified atom stereocenters. The van der Waals surface area contributed by atoms with E-state index in [0.717, 1.165) is 5.56 Å². The van der Waals surface area contributed by atoms with Gasteiger partial charge in [-0.3, -0.25) is 9.78 Å². The number of aromatic amines is 1. The van der Waals surface area contributed by atoms with E-state index in [1.807, 2.05) is 0 Å². The molecule has 7 heteroatoms. The summed E-state index contributed by atoms with van der Waals surface area (Å²) in [7, 11) is 3.05. The number of hydrogen-bond acceptors (Lipinski definition) is 5. The van der Waals surface area contributed by atoms with Crippen LogP contribution in [0.2, 0.25) is 0 Å². The number of aromatic nitrogens is 1. The predicted molar refractivity (Wildman–Crippen MR) is 87.6 cm³/mol. The first-order valence-electron chi connectivity index (χ1n) is 7.22. The highest BCUT2D eigenvalue weighted by molar-refractivity contribution is 5.94. The van der Waals surface area contributed by atoms with E-state index in [9.17, 15) is 9.59 Å². The Morgan fingerprint density at radius 2 is 1.92 bits per heavy atom. The van der Waals surface area contributed by atoms with Crippen molar-refractivity contribution in [2.45, 2.75) is 6.54 Å². The molecule has 1 heterocycles. The number of methoxy groups -OCH3 is 2. The quantitative estimate of drug-likeness (QED) is 0.748. The first-order chi connectivity index (χ1) is 11.6. The van der Waals surface area contributed by atoms with E-state index >= 15 is 0 Å². The van der Waals surface area contributed by atoms with Crippen molar-refractivity contribution in [3.05, 3.63) is 58.1 Å². The zero-order valence-corrected chi connectivity index (χ0v) is 13.2. The molecule has 2 aromatic carbocycles. The largest absolute Gasteiger partial charge is 0.493 e. The van der Waals surface area contributed by atoms with Gasteiger partial charge in [0.05, 0.1) is 19.7 Å². The Morgan fingerprint density at radius 1 is 1.12 bits per heavy atom. The summed E-state index contributed by atoms with van der Waals surface area (Å²) >= 11 is 0. The maximum atomic E-state index is 12.3. The van der Waals surface area contributed by atoms with Gasteiger partial charge in [0.15, 0.2) is 17.1 Å². The van der Waals surface area contributed by atoms with Gasteiger partial charge < -0.3 is 19.2 Å². The molecule has 0 fully saturated rings. The van der Waals surface area contributed by atoms with E-state index in [1.54, 1.807) is 36.4 Å². The number of benzene rings is 2. The molecule has 7 nitrogen and oxygen atoms in total. The van der Waals surface area contributed by atoms with Crippen molar-refractivity contribution in [3.63, 3.8) is 0 Å². The highest BCUT2D eigenvalue weighted by Crippen LogP contribution is 2.27. The first kappa shape index (κ1) is 15.7. The van der Waals surface area contributed by atoms with Gasteiger partial charge >= 0.3 is 5.76 Å². The lowest BCUT2D eigenvalue weighted by Crippen LogP contribution is -2.22. The zero-order valence-electron chi connectivity index (χ0n) is 13.2. The summed E-state index contributed by atoms with van der Waals surface area (Å²) in [5.41, 5.74) is 2.38. The topological polar surface area (TPSA) is 93.6 Å². The van der Waals surface area contributed by atoms with Gasteiger partial charge in [0.2, 0.25) is 0 Å². The predicted octanol–water partition coefficient (Wildman–Crippen LogP) is 2.07. The van der Waals surface area contributed by atoms with Gasteiger partial charge in [-0.2, -0.15) is 0 Å². The molecule has 0 aliphatic carbocycles. The molecule has 0 atom stereocenters. The van der Waals surface area contributed by atoms with Gasteiger partial charge in [-0.05, 0) is 35.9 Å². The monoisotopic (exact) mass is 328 g/mol. The fourth-order valence-corrected chi connectivity index (χ4v) is 2.37. The second kappa shape index (κ2) is 6.49. The minimum atomic E-state index is -0.503. The maximum Gasteiger partial charge on any atom is 0.417 e. The van der Waals surface area contributed by atoms with Gasteiger partial charge in [0.25, 0.3) is 5.91 Å². The summed E-state index contributed by atoms with van der Waals surface area (Å²) in [6.45, 7) is 0.316. The molecule has 0 radical (unpaired) electrons. The zero-order chi connectivity index (χ0) is 17.1. The molecular formula is C17H16N2O5. The number of hydrogen-bond donors (Lipinski definition) is 2. The average Bonchev–Trinajstić information content (AvgIpc) is 2.98. The van der Waals surface area contributed by atoms with Crippen molar-refractivity contribution in [3.8, 4) is 11.5 Å². The number of ether oxygens (including phenoxy) is 2. The Morgan fingerprint density at radius 3 is 2.67 bits per heavy atom. The lowest BCUT2D eigenvalue weighted by molar-refractivity contribution is 0.0950. The minimum absolute atomic E-state index is 0.239. The lowest BCUT2D eigenvalue weighted by Gasteiger charge is -2.10. The number of H-pyrrole nitrogens is 1. The minimum Gasteiger partial charge on any atom is -0.493 e. The van der Waals surface area contributed by atoms with Crippen LogP contribution in [0.15, 0.2) is 45.6 Å². The SMILES string of the molecule is COc1ccc(C(=O)NCc2ccc3oc(=O)[nH]c3c2)cc1OC. The average molecular weight is 328 g/mol. The maximum absolute atomic E-state index is 12.3. The van der Waals surface area contributed by atoms with Crippen LogP contribution >= 0.6 is 0 Å². The third-order valence-electron chi connectivity index (χ3n) is 3.58. The van der Waals surface area contributed by atoms with Crippen molar-refractivity contribution >= 4 is 17.0 Å². The third kappa shape index (κ3) is 3.10. The molecule has 24 heavy (non-hydrogen) atoms. The van der Waals surface area contributed by atoms with Crippen LogP contribution in [0.3, 0.4) is 0 Å². The van der Waals surface area contributed by atoms with E-state index in [1.165, 1.54) is 14.2 Å². The molecule has 0 spiro atoms. The Balaban J connectivity index is 1.73. The Bertz CT molecular complexity index is 942. The molecule has 0 saturated carbocycles. The number of rotatable bonds is 5. The van der Waals surface area contributed by atoms with Crippen LogP contribution in [0.25, 0.3) is 11.1 Å². The summed E-state index contributed by atoms with van der Waals surface area (Å²) < 4.78 is 15.3. The van der Waals surface area contributed by atoms with Crippen LogP contribution in [0.5, 0.6) is 11.5 Å². The summed E-state index contributed by atoms with van der Waals surface area (Å²) in [5, 5.41) is 2.82. The van der Waals surface area contributed by atoms with E-state index < -0.39 is 5.76 Å². The van der Waals surface area contributed by atoms with E-state index in [4.69, 9.17) is 13.9 Å². The van der Waals surface area contributed by atoms with E-state index in [-0.39, 0.29) is 5.91 Å². The second-order valence-corrected chi connectivity index (χ2v) is 5.10. The van der Waals surface area contributed by atoms with Gasteiger partial charge in [-0.15, -0.1) is 0 Å². The van der Waals surface area contributed by atoms with Crippen LogP contribution in [-0.4, -0.2) is 25.1 Å². The van der Waals surface area contributed by atoms with Gasteiger partial charge in [-0.1, -0.05) is 6.07 Å². The summed E-state index contributed by atoms with van der Waals surface area (Å²) in [5.74, 6) is 0.305.